The fourth-order valence-corrected chi connectivity index (χ4v) is 3.16. The van der Waals surface area contributed by atoms with Crippen molar-refractivity contribution < 1.29 is 14.3 Å². The van der Waals surface area contributed by atoms with Gasteiger partial charge in [-0.15, -0.1) is 0 Å². The molecule has 2 aromatic carbocycles. The molecular weight excluding hydrogens is 350 g/mol. The van der Waals surface area contributed by atoms with Crippen LogP contribution in [0.1, 0.15) is 23.0 Å². The van der Waals surface area contributed by atoms with Gasteiger partial charge in [-0.05, 0) is 61.9 Å². The van der Waals surface area contributed by atoms with E-state index in [0.717, 1.165) is 28.4 Å². The normalized spacial score (nSPS) is 10.6. The van der Waals surface area contributed by atoms with E-state index < -0.39 is 0 Å². The maximum Gasteiger partial charge on any atom is 0.339 e. The lowest BCUT2D eigenvalue weighted by atomic mass is 10.1. The summed E-state index contributed by atoms with van der Waals surface area (Å²) in [5.74, 6) is 0.428. The third-order valence-corrected chi connectivity index (χ3v) is 4.54. The van der Waals surface area contributed by atoms with Gasteiger partial charge < -0.3 is 14.0 Å². The fourth-order valence-electron chi connectivity index (χ4n) is 2.94. The van der Waals surface area contributed by atoms with Crippen molar-refractivity contribution in [1.82, 2.24) is 4.57 Å². The first-order valence-corrected chi connectivity index (χ1v) is 8.73. The van der Waals surface area contributed by atoms with Gasteiger partial charge in [0.1, 0.15) is 5.75 Å². The van der Waals surface area contributed by atoms with Crippen molar-refractivity contribution in [3.05, 3.63) is 70.9 Å². The lowest BCUT2D eigenvalue weighted by Crippen LogP contribution is -2.07. The largest absolute Gasteiger partial charge is 0.497 e. The number of aromatic nitrogens is 1. The summed E-state index contributed by atoms with van der Waals surface area (Å²) in [6, 6.07) is 17.1. The summed E-state index contributed by atoms with van der Waals surface area (Å²) >= 11 is 6.43. The summed E-state index contributed by atoms with van der Waals surface area (Å²) < 4.78 is 12.4. The minimum absolute atomic E-state index is 0.327. The van der Waals surface area contributed by atoms with E-state index in [4.69, 9.17) is 21.1 Å². The van der Waals surface area contributed by atoms with E-state index >= 15 is 0 Å². The lowest BCUT2D eigenvalue weighted by Gasteiger charge is -2.14. The first-order chi connectivity index (χ1) is 12.6. The number of carbonyl (C=O) groups is 1. The van der Waals surface area contributed by atoms with Crippen LogP contribution in [0.4, 0.5) is 0 Å². The number of benzene rings is 2. The Labute approximate surface area is 157 Å². The number of methoxy groups -OCH3 is 1. The highest BCUT2D eigenvalue weighted by atomic mass is 35.5. The number of esters is 1. The molecular formula is C21H20ClNO3. The van der Waals surface area contributed by atoms with E-state index in [1.165, 1.54) is 0 Å². The summed E-state index contributed by atoms with van der Waals surface area (Å²) in [5.41, 5.74) is 3.93. The van der Waals surface area contributed by atoms with Gasteiger partial charge in [0.2, 0.25) is 0 Å². The van der Waals surface area contributed by atoms with Gasteiger partial charge in [0, 0.05) is 5.69 Å². The van der Waals surface area contributed by atoms with Crippen molar-refractivity contribution >= 4 is 17.6 Å². The number of hydrogen-bond donors (Lipinski definition) is 0. The number of para-hydroxylation sites is 1. The highest BCUT2D eigenvalue weighted by molar-refractivity contribution is 6.32. The molecule has 0 aliphatic carbocycles. The monoisotopic (exact) mass is 369 g/mol. The zero-order valence-electron chi connectivity index (χ0n) is 15.0. The van der Waals surface area contributed by atoms with E-state index in [1.807, 2.05) is 66.1 Å². The topological polar surface area (TPSA) is 40.5 Å². The first kappa shape index (κ1) is 18.1. The average Bonchev–Trinajstić information content (AvgIpc) is 3.00. The maximum atomic E-state index is 12.4. The molecule has 0 saturated carbocycles. The van der Waals surface area contributed by atoms with Crippen LogP contribution in [0.2, 0.25) is 5.02 Å². The number of nitrogens with zero attached hydrogens (tertiary/aromatic N) is 1. The van der Waals surface area contributed by atoms with Crippen LogP contribution in [0.15, 0.2) is 54.6 Å². The van der Waals surface area contributed by atoms with Crippen LogP contribution in [-0.4, -0.2) is 24.3 Å². The zero-order chi connectivity index (χ0) is 18.7. The smallest absolute Gasteiger partial charge is 0.339 e. The van der Waals surface area contributed by atoms with Crippen molar-refractivity contribution in [2.45, 2.75) is 13.8 Å². The van der Waals surface area contributed by atoms with E-state index in [2.05, 4.69) is 0 Å². The molecule has 0 fully saturated rings. The second-order valence-corrected chi connectivity index (χ2v) is 6.17. The number of halogens is 1. The van der Waals surface area contributed by atoms with Crippen LogP contribution in [0.25, 0.3) is 16.9 Å². The fraction of sp³-hybridized carbons (Fsp3) is 0.190. The molecule has 5 heteroatoms. The van der Waals surface area contributed by atoms with Gasteiger partial charge in [-0.1, -0.05) is 23.7 Å². The molecule has 4 nitrogen and oxygen atoms in total. The van der Waals surface area contributed by atoms with Crippen molar-refractivity contribution in [2.24, 2.45) is 0 Å². The van der Waals surface area contributed by atoms with Gasteiger partial charge in [0.25, 0.3) is 0 Å². The number of hydrogen-bond acceptors (Lipinski definition) is 3. The molecule has 1 aromatic heterocycles. The number of rotatable bonds is 5. The molecule has 0 amide bonds. The second-order valence-electron chi connectivity index (χ2n) is 5.76. The van der Waals surface area contributed by atoms with Gasteiger partial charge in [0.15, 0.2) is 0 Å². The van der Waals surface area contributed by atoms with Crippen LogP contribution >= 0.6 is 11.6 Å². The Morgan fingerprint density at radius 1 is 1.12 bits per heavy atom. The Balaban J connectivity index is 2.22. The Hall–Kier alpha value is -2.72. The van der Waals surface area contributed by atoms with Crippen LogP contribution in [-0.2, 0) is 4.74 Å². The van der Waals surface area contributed by atoms with Gasteiger partial charge in [-0.2, -0.15) is 0 Å². The van der Waals surface area contributed by atoms with Crippen LogP contribution in [0.3, 0.4) is 0 Å². The van der Waals surface area contributed by atoms with Crippen LogP contribution < -0.4 is 4.74 Å². The maximum absolute atomic E-state index is 12.4. The van der Waals surface area contributed by atoms with Crippen LogP contribution in [0.5, 0.6) is 5.75 Å². The summed E-state index contributed by atoms with van der Waals surface area (Å²) in [5, 5.41) is 0.608. The van der Waals surface area contributed by atoms with Gasteiger partial charge in [0.05, 0.1) is 35.7 Å². The summed E-state index contributed by atoms with van der Waals surface area (Å²) in [6.45, 7) is 4.01. The van der Waals surface area contributed by atoms with E-state index in [0.29, 0.717) is 17.2 Å². The highest BCUT2D eigenvalue weighted by Gasteiger charge is 2.21. The Morgan fingerprint density at radius 2 is 1.81 bits per heavy atom. The molecule has 0 bridgehead atoms. The Kier molecular flexibility index (Phi) is 5.33. The Bertz CT molecular complexity index is 929. The average molecular weight is 370 g/mol. The molecule has 0 N–H and O–H groups in total. The third-order valence-electron chi connectivity index (χ3n) is 4.22. The minimum Gasteiger partial charge on any atom is -0.497 e. The van der Waals surface area contributed by atoms with Gasteiger partial charge in [-0.25, -0.2) is 4.79 Å². The molecule has 0 unspecified atom stereocenters. The zero-order valence-corrected chi connectivity index (χ0v) is 15.7. The van der Waals surface area contributed by atoms with Crippen LogP contribution in [0, 0.1) is 6.92 Å². The summed E-state index contributed by atoms with van der Waals surface area (Å²) in [7, 11) is 1.63. The standard InChI is InChI=1S/C21H20ClNO3/c1-4-26-21(24)17-13-20(15-9-11-16(25-3)12-10-15)23(14(17)2)19-8-6-5-7-18(19)22/h5-13H,4H2,1-3H3. The predicted octanol–water partition coefficient (Wildman–Crippen LogP) is 5.29. The quantitative estimate of drug-likeness (QED) is 0.573. The third kappa shape index (κ3) is 3.33. The number of carbonyl (C=O) groups excluding carboxylic acids is 1. The molecule has 0 atom stereocenters. The molecule has 0 saturated heterocycles. The predicted molar refractivity (Wildman–Crippen MR) is 103 cm³/mol. The molecule has 0 aliphatic rings. The summed E-state index contributed by atoms with van der Waals surface area (Å²) in [6.07, 6.45) is 0. The molecule has 3 aromatic rings. The minimum atomic E-state index is -0.342. The molecule has 26 heavy (non-hydrogen) atoms. The molecule has 0 radical (unpaired) electrons. The van der Waals surface area contributed by atoms with Gasteiger partial charge >= 0.3 is 5.97 Å². The summed E-state index contributed by atoms with van der Waals surface area (Å²) in [4.78, 5) is 12.4. The molecule has 3 rings (SSSR count). The van der Waals surface area contributed by atoms with Gasteiger partial charge in [-0.3, -0.25) is 0 Å². The Morgan fingerprint density at radius 3 is 2.42 bits per heavy atom. The molecule has 1 heterocycles. The van der Waals surface area contributed by atoms with Crippen molar-refractivity contribution in [3.63, 3.8) is 0 Å². The van der Waals surface area contributed by atoms with Crippen molar-refractivity contribution in [1.29, 1.82) is 0 Å². The van der Waals surface area contributed by atoms with Crippen molar-refractivity contribution in [3.8, 4) is 22.7 Å². The van der Waals surface area contributed by atoms with E-state index in [-0.39, 0.29) is 5.97 Å². The molecule has 134 valence electrons. The van der Waals surface area contributed by atoms with E-state index in [9.17, 15) is 4.79 Å². The first-order valence-electron chi connectivity index (χ1n) is 8.35. The number of ether oxygens (including phenoxy) is 2. The van der Waals surface area contributed by atoms with E-state index in [1.54, 1.807) is 14.0 Å². The lowest BCUT2D eigenvalue weighted by molar-refractivity contribution is 0.0525. The van der Waals surface area contributed by atoms with Crippen molar-refractivity contribution in [2.75, 3.05) is 13.7 Å². The molecule has 0 spiro atoms. The SMILES string of the molecule is CCOC(=O)c1cc(-c2ccc(OC)cc2)n(-c2ccccc2Cl)c1C. The second kappa shape index (κ2) is 7.67. The molecule has 0 aliphatic heterocycles. The highest BCUT2D eigenvalue weighted by Crippen LogP contribution is 2.33.